The van der Waals surface area contributed by atoms with Gasteiger partial charge in [-0.3, -0.25) is 9.48 Å². The van der Waals surface area contributed by atoms with E-state index in [1.54, 1.807) is 47.3 Å². The van der Waals surface area contributed by atoms with Gasteiger partial charge in [0, 0.05) is 20.7 Å². The predicted octanol–water partition coefficient (Wildman–Crippen LogP) is 7.73. The minimum atomic E-state index is -0.500. The van der Waals surface area contributed by atoms with Crippen LogP contribution in [-0.2, 0) is 13.2 Å². The molecule has 0 saturated carbocycles. The Morgan fingerprint density at radius 3 is 2.61 bits per heavy atom. The molecule has 0 radical (unpaired) electrons. The predicted molar refractivity (Wildman–Crippen MR) is 133 cm³/mol. The number of rotatable bonds is 7. The first-order chi connectivity index (χ1) is 15.8. The first-order valence-electron chi connectivity index (χ1n) is 9.43. The SMILES string of the molecule is O=C(Nc1nn(Cc2ccc(Cl)cc2Cl)cc1Cl)c1ccc(COc2ccc(Br)cc2Cl)o1. The number of benzene rings is 2. The molecular formula is C22H14BrCl4N3O3. The van der Waals surface area contributed by atoms with Gasteiger partial charge in [-0.1, -0.05) is 68.4 Å². The number of nitrogens with zero attached hydrogens (tertiary/aromatic N) is 2. The van der Waals surface area contributed by atoms with E-state index in [1.807, 2.05) is 6.07 Å². The topological polar surface area (TPSA) is 69.3 Å². The van der Waals surface area contributed by atoms with Crippen molar-refractivity contribution in [3.8, 4) is 5.75 Å². The van der Waals surface area contributed by atoms with E-state index in [1.165, 1.54) is 6.07 Å². The van der Waals surface area contributed by atoms with Gasteiger partial charge in [-0.15, -0.1) is 0 Å². The van der Waals surface area contributed by atoms with Crippen LogP contribution in [0.15, 0.2) is 63.6 Å². The molecule has 0 atom stereocenters. The molecule has 0 aliphatic carbocycles. The zero-order chi connectivity index (χ0) is 23.5. The van der Waals surface area contributed by atoms with Crippen LogP contribution in [0.1, 0.15) is 21.9 Å². The summed E-state index contributed by atoms with van der Waals surface area (Å²) in [6, 6.07) is 13.6. The molecule has 2 heterocycles. The number of carbonyl (C=O) groups excluding carboxylic acids is 1. The number of hydrogen-bond acceptors (Lipinski definition) is 4. The summed E-state index contributed by atoms with van der Waals surface area (Å²) in [6.45, 7) is 0.457. The van der Waals surface area contributed by atoms with Crippen molar-refractivity contribution in [1.82, 2.24) is 9.78 Å². The monoisotopic (exact) mass is 587 g/mol. The molecule has 1 N–H and O–H groups in total. The Balaban J connectivity index is 1.39. The smallest absolute Gasteiger partial charge is 0.292 e. The van der Waals surface area contributed by atoms with Gasteiger partial charge in [0.05, 0.1) is 11.6 Å². The summed E-state index contributed by atoms with van der Waals surface area (Å²) >= 11 is 27.9. The minimum Gasteiger partial charge on any atom is -0.484 e. The van der Waals surface area contributed by atoms with Crippen LogP contribution in [0, 0.1) is 0 Å². The van der Waals surface area contributed by atoms with Crippen LogP contribution in [-0.4, -0.2) is 15.7 Å². The van der Waals surface area contributed by atoms with Crippen molar-refractivity contribution >= 4 is 74.1 Å². The number of carbonyl (C=O) groups is 1. The molecule has 4 aromatic rings. The van der Waals surface area contributed by atoms with Crippen molar-refractivity contribution in [3.63, 3.8) is 0 Å². The Hall–Kier alpha value is -2.16. The summed E-state index contributed by atoms with van der Waals surface area (Å²) in [4.78, 5) is 12.6. The highest BCUT2D eigenvalue weighted by Gasteiger charge is 2.17. The lowest BCUT2D eigenvalue weighted by Gasteiger charge is -2.06. The normalized spacial score (nSPS) is 10.9. The largest absolute Gasteiger partial charge is 0.484 e. The van der Waals surface area contributed by atoms with E-state index >= 15 is 0 Å². The third-order valence-electron chi connectivity index (χ3n) is 4.45. The molecule has 1 amide bonds. The molecule has 2 aromatic carbocycles. The number of ether oxygens (including phenoxy) is 1. The molecule has 2 aromatic heterocycles. The molecule has 6 nitrogen and oxygen atoms in total. The number of aromatic nitrogens is 2. The molecule has 170 valence electrons. The van der Waals surface area contributed by atoms with Crippen LogP contribution in [0.25, 0.3) is 0 Å². The number of hydrogen-bond donors (Lipinski definition) is 1. The molecular weight excluding hydrogens is 576 g/mol. The minimum absolute atomic E-state index is 0.0851. The van der Waals surface area contributed by atoms with Gasteiger partial charge in [0.1, 0.15) is 23.1 Å². The maximum atomic E-state index is 12.6. The van der Waals surface area contributed by atoms with E-state index in [4.69, 9.17) is 55.6 Å². The first kappa shape index (κ1) is 24.0. The van der Waals surface area contributed by atoms with Crippen molar-refractivity contribution in [3.05, 3.63) is 96.4 Å². The van der Waals surface area contributed by atoms with Gasteiger partial charge in [0.15, 0.2) is 11.6 Å². The summed E-state index contributed by atoms with van der Waals surface area (Å²) in [5.74, 6) is 0.734. The summed E-state index contributed by atoms with van der Waals surface area (Å²) < 4.78 is 13.6. The Bertz CT molecular complexity index is 1320. The van der Waals surface area contributed by atoms with Gasteiger partial charge in [0.25, 0.3) is 5.91 Å². The van der Waals surface area contributed by atoms with Gasteiger partial charge in [0.2, 0.25) is 0 Å². The Morgan fingerprint density at radius 1 is 1.03 bits per heavy atom. The highest BCUT2D eigenvalue weighted by molar-refractivity contribution is 9.10. The summed E-state index contributed by atoms with van der Waals surface area (Å²) in [6.07, 6.45) is 1.59. The zero-order valence-corrected chi connectivity index (χ0v) is 21.2. The van der Waals surface area contributed by atoms with Crippen LogP contribution < -0.4 is 10.1 Å². The average Bonchev–Trinajstić information content (AvgIpc) is 3.36. The van der Waals surface area contributed by atoms with E-state index in [0.29, 0.717) is 33.1 Å². The maximum Gasteiger partial charge on any atom is 0.292 e. The number of halogens is 5. The van der Waals surface area contributed by atoms with Gasteiger partial charge in [-0.2, -0.15) is 5.10 Å². The molecule has 0 aliphatic rings. The van der Waals surface area contributed by atoms with E-state index < -0.39 is 5.91 Å². The second-order valence-electron chi connectivity index (χ2n) is 6.84. The molecule has 0 saturated heterocycles. The number of anilines is 1. The molecule has 4 rings (SSSR count). The maximum absolute atomic E-state index is 12.6. The molecule has 0 aliphatic heterocycles. The fraction of sp³-hybridized carbons (Fsp3) is 0.0909. The van der Waals surface area contributed by atoms with Gasteiger partial charge < -0.3 is 14.5 Å². The summed E-state index contributed by atoms with van der Waals surface area (Å²) in [7, 11) is 0. The molecule has 0 unspecified atom stereocenters. The van der Waals surface area contributed by atoms with E-state index in [-0.39, 0.29) is 23.2 Å². The third kappa shape index (κ3) is 6.05. The summed E-state index contributed by atoms with van der Waals surface area (Å²) in [5.41, 5.74) is 0.805. The summed E-state index contributed by atoms with van der Waals surface area (Å²) in [5, 5.41) is 8.73. The van der Waals surface area contributed by atoms with E-state index in [0.717, 1.165) is 10.0 Å². The molecule has 0 bridgehead atoms. The number of amides is 1. The van der Waals surface area contributed by atoms with Crippen LogP contribution in [0.3, 0.4) is 0 Å². The van der Waals surface area contributed by atoms with E-state index in [2.05, 4.69) is 26.3 Å². The fourth-order valence-electron chi connectivity index (χ4n) is 2.88. The standard InChI is InChI=1S/C22H14BrCl4N3O3/c23-13-2-5-19(17(26)7-13)32-11-15-4-6-20(33-15)22(31)28-21-18(27)10-30(29-21)9-12-1-3-14(24)8-16(12)25/h1-8,10H,9,11H2,(H,28,29,31). The molecule has 11 heteroatoms. The Morgan fingerprint density at radius 2 is 1.85 bits per heavy atom. The van der Waals surface area contributed by atoms with Gasteiger partial charge >= 0.3 is 0 Å². The van der Waals surface area contributed by atoms with Crippen LogP contribution in [0.5, 0.6) is 5.75 Å². The third-order valence-corrected chi connectivity index (χ3v) is 6.10. The first-order valence-corrected chi connectivity index (χ1v) is 11.7. The lowest BCUT2D eigenvalue weighted by atomic mass is 10.2. The lowest BCUT2D eigenvalue weighted by Crippen LogP contribution is -2.12. The number of furan rings is 1. The van der Waals surface area contributed by atoms with Crippen molar-refractivity contribution in [2.45, 2.75) is 13.2 Å². The van der Waals surface area contributed by atoms with Gasteiger partial charge in [-0.25, -0.2) is 0 Å². The molecule has 0 fully saturated rings. The fourth-order valence-corrected chi connectivity index (χ4v) is 4.27. The van der Waals surface area contributed by atoms with E-state index in [9.17, 15) is 4.79 Å². The molecule has 33 heavy (non-hydrogen) atoms. The van der Waals surface area contributed by atoms with Crippen LogP contribution in [0.4, 0.5) is 5.82 Å². The zero-order valence-electron chi connectivity index (χ0n) is 16.6. The second-order valence-corrected chi connectivity index (χ2v) is 9.42. The van der Waals surface area contributed by atoms with Crippen molar-refractivity contribution in [1.29, 1.82) is 0 Å². The Kier molecular flexibility index (Phi) is 7.56. The quantitative estimate of drug-likeness (QED) is 0.239. The lowest BCUT2D eigenvalue weighted by molar-refractivity contribution is 0.0992. The molecule has 0 spiro atoms. The Labute approximate surface area is 217 Å². The van der Waals surface area contributed by atoms with Crippen molar-refractivity contribution in [2.75, 3.05) is 5.32 Å². The number of nitrogens with one attached hydrogen (secondary N) is 1. The highest BCUT2D eigenvalue weighted by Crippen LogP contribution is 2.29. The van der Waals surface area contributed by atoms with Crippen LogP contribution in [0.2, 0.25) is 20.1 Å². The van der Waals surface area contributed by atoms with Crippen molar-refractivity contribution in [2.24, 2.45) is 0 Å². The van der Waals surface area contributed by atoms with Crippen molar-refractivity contribution < 1.29 is 13.9 Å². The second kappa shape index (κ2) is 10.4. The van der Waals surface area contributed by atoms with Gasteiger partial charge in [-0.05, 0) is 48.0 Å². The van der Waals surface area contributed by atoms with Crippen LogP contribution >= 0.6 is 62.3 Å². The highest BCUT2D eigenvalue weighted by atomic mass is 79.9. The average molecular weight is 590 g/mol.